The summed E-state index contributed by atoms with van der Waals surface area (Å²) in [5, 5.41) is 0. The van der Waals surface area contributed by atoms with Crippen LogP contribution in [-0.4, -0.2) is 38.9 Å². The fourth-order valence-electron chi connectivity index (χ4n) is 2.16. The van der Waals surface area contributed by atoms with Gasteiger partial charge in [0.25, 0.3) is 0 Å². The molecule has 5 nitrogen and oxygen atoms in total. The number of carbonyl (C=O) groups excluding carboxylic acids is 2. The number of hydrogen-bond donors (Lipinski definition) is 0. The van der Waals surface area contributed by atoms with E-state index in [-0.39, 0.29) is 19.8 Å². The molecule has 0 aliphatic heterocycles. The highest BCUT2D eigenvalue weighted by molar-refractivity contribution is 6.06. The number of esters is 2. The van der Waals surface area contributed by atoms with Crippen LogP contribution in [0.15, 0.2) is 24.3 Å². The number of aryl methyl sites for hydroxylation is 1. The van der Waals surface area contributed by atoms with Crippen molar-refractivity contribution in [3.05, 3.63) is 35.4 Å². The van der Waals surface area contributed by atoms with E-state index < -0.39 is 17.4 Å². The smallest absolute Gasteiger partial charge is 0.330 e. The molecule has 0 unspecified atom stereocenters. The zero-order valence-electron chi connectivity index (χ0n) is 13.0. The topological polar surface area (TPSA) is 61.8 Å². The summed E-state index contributed by atoms with van der Waals surface area (Å²) in [6.45, 7) is 5.49. The summed E-state index contributed by atoms with van der Waals surface area (Å²) >= 11 is 0. The molecule has 1 aromatic rings. The average molecular weight is 294 g/mol. The van der Waals surface area contributed by atoms with Crippen LogP contribution in [0.5, 0.6) is 0 Å². The van der Waals surface area contributed by atoms with E-state index in [9.17, 15) is 9.59 Å². The van der Waals surface area contributed by atoms with Crippen molar-refractivity contribution in [2.24, 2.45) is 0 Å². The Kier molecular flexibility index (Phi) is 6.37. The van der Waals surface area contributed by atoms with E-state index in [0.717, 1.165) is 5.56 Å². The molecule has 1 aromatic carbocycles. The molecular formula is C16H22O5. The number of methoxy groups -OCH3 is 1. The van der Waals surface area contributed by atoms with Gasteiger partial charge in [0.05, 0.1) is 19.8 Å². The SMILES string of the molecule is CCOC(=O)C(COC)(C(=O)OCC)c1cccc(C)c1. The van der Waals surface area contributed by atoms with Gasteiger partial charge in [0, 0.05) is 7.11 Å². The summed E-state index contributed by atoms with van der Waals surface area (Å²) in [5.41, 5.74) is -0.143. The third kappa shape index (κ3) is 3.61. The molecule has 0 spiro atoms. The highest BCUT2D eigenvalue weighted by atomic mass is 16.6. The molecule has 0 N–H and O–H groups in total. The summed E-state index contributed by atoms with van der Waals surface area (Å²) < 4.78 is 15.3. The molecule has 0 fully saturated rings. The van der Waals surface area contributed by atoms with Crippen LogP contribution in [0.2, 0.25) is 0 Å². The van der Waals surface area contributed by atoms with Crippen molar-refractivity contribution in [2.75, 3.05) is 26.9 Å². The van der Waals surface area contributed by atoms with Crippen LogP contribution in [0.4, 0.5) is 0 Å². The largest absolute Gasteiger partial charge is 0.465 e. The van der Waals surface area contributed by atoms with Crippen molar-refractivity contribution in [1.29, 1.82) is 0 Å². The minimum atomic E-state index is -1.59. The van der Waals surface area contributed by atoms with Gasteiger partial charge in [-0.3, -0.25) is 9.59 Å². The van der Waals surface area contributed by atoms with Gasteiger partial charge in [-0.25, -0.2) is 0 Å². The van der Waals surface area contributed by atoms with Crippen molar-refractivity contribution in [3.63, 3.8) is 0 Å². The number of ether oxygens (including phenoxy) is 3. The number of hydrogen-bond acceptors (Lipinski definition) is 5. The van der Waals surface area contributed by atoms with E-state index in [2.05, 4.69) is 0 Å². The molecule has 0 saturated carbocycles. The first kappa shape index (κ1) is 17.2. The lowest BCUT2D eigenvalue weighted by molar-refractivity contribution is -0.167. The lowest BCUT2D eigenvalue weighted by atomic mass is 9.80. The predicted molar refractivity (Wildman–Crippen MR) is 78.0 cm³/mol. The quantitative estimate of drug-likeness (QED) is 0.568. The lowest BCUT2D eigenvalue weighted by Crippen LogP contribution is -2.49. The molecule has 0 saturated heterocycles. The Morgan fingerprint density at radius 3 is 2.10 bits per heavy atom. The first-order valence-electron chi connectivity index (χ1n) is 6.93. The van der Waals surface area contributed by atoms with Gasteiger partial charge in [0.2, 0.25) is 5.41 Å². The highest BCUT2D eigenvalue weighted by Crippen LogP contribution is 2.29. The first-order valence-corrected chi connectivity index (χ1v) is 6.93. The number of benzene rings is 1. The molecule has 0 radical (unpaired) electrons. The summed E-state index contributed by atoms with van der Waals surface area (Å²) in [6, 6.07) is 7.15. The van der Waals surface area contributed by atoms with Crippen molar-refractivity contribution in [3.8, 4) is 0 Å². The molecule has 0 aromatic heterocycles. The Labute approximate surface area is 125 Å². The number of carbonyl (C=O) groups is 2. The lowest BCUT2D eigenvalue weighted by Gasteiger charge is -2.29. The second-order valence-electron chi connectivity index (χ2n) is 4.65. The Morgan fingerprint density at radius 1 is 1.10 bits per heavy atom. The zero-order chi connectivity index (χ0) is 15.9. The van der Waals surface area contributed by atoms with Crippen LogP contribution in [-0.2, 0) is 29.2 Å². The fraction of sp³-hybridized carbons (Fsp3) is 0.500. The minimum Gasteiger partial charge on any atom is -0.465 e. The van der Waals surface area contributed by atoms with Gasteiger partial charge in [0.15, 0.2) is 0 Å². The van der Waals surface area contributed by atoms with Gasteiger partial charge >= 0.3 is 11.9 Å². The molecule has 0 bridgehead atoms. The van der Waals surface area contributed by atoms with Crippen molar-refractivity contribution >= 4 is 11.9 Å². The zero-order valence-corrected chi connectivity index (χ0v) is 13.0. The van der Waals surface area contributed by atoms with E-state index in [1.54, 1.807) is 32.0 Å². The van der Waals surface area contributed by atoms with Gasteiger partial charge in [-0.2, -0.15) is 0 Å². The van der Waals surface area contributed by atoms with Gasteiger partial charge in [-0.1, -0.05) is 29.8 Å². The molecule has 0 aliphatic rings. The van der Waals surface area contributed by atoms with E-state index in [1.165, 1.54) is 7.11 Å². The summed E-state index contributed by atoms with van der Waals surface area (Å²) in [7, 11) is 1.43. The minimum absolute atomic E-state index is 0.131. The van der Waals surface area contributed by atoms with Gasteiger partial charge < -0.3 is 14.2 Å². The molecular weight excluding hydrogens is 272 g/mol. The third-order valence-electron chi connectivity index (χ3n) is 3.12. The van der Waals surface area contributed by atoms with E-state index in [0.29, 0.717) is 5.56 Å². The summed E-state index contributed by atoms with van der Waals surface area (Å²) in [4.78, 5) is 25.0. The van der Waals surface area contributed by atoms with Crippen molar-refractivity contribution in [2.45, 2.75) is 26.2 Å². The van der Waals surface area contributed by atoms with E-state index in [1.807, 2.05) is 13.0 Å². The van der Waals surface area contributed by atoms with Crippen LogP contribution in [0, 0.1) is 6.92 Å². The van der Waals surface area contributed by atoms with Crippen LogP contribution in [0.1, 0.15) is 25.0 Å². The average Bonchev–Trinajstić information content (AvgIpc) is 2.45. The second kappa shape index (κ2) is 7.78. The fourth-order valence-corrected chi connectivity index (χ4v) is 2.16. The standard InChI is InChI=1S/C16H22O5/c1-5-20-14(17)16(11-19-4,15(18)21-6-2)13-9-7-8-12(3)10-13/h7-10H,5-6,11H2,1-4H3. The monoisotopic (exact) mass is 294 g/mol. The maximum Gasteiger partial charge on any atom is 0.330 e. The highest BCUT2D eigenvalue weighted by Gasteiger charge is 2.51. The molecule has 5 heteroatoms. The van der Waals surface area contributed by atoms with Gasteiger partial charge in [-0.05, 0) is 26.3 Å². The van der Waals surface area contributed by atoms with Crippen LogP contribution >= 0.6 is 0 Å². The Balaban J connectivity index is 3.42. The van der Waals surface area contributed by atoms with Gasteiger partial charge in [0.1, 0.15) is 0 Å². The number of rotatable bonds is 7. The third-order valence-corrected chi connectivity index (χ3v) is 3.12. The summed E-state index contributed by atoms with van der Waals surface area (Å²) in [6.07, 6.45) is 0. The van der Waals surface area contributed by atoms with Crippen LogP contribution in [0.25, 0.3) is 0 Å². The molecule has 0 amide bonds. The molecule has 0 aliphatic carbocycles. The van der Waals surface area contributed by atoms with Gasteiger partial charge in [-0.15, -0.1) is 0 Å². The van der Waals surface area contributed by atoms with Crippen molar-refractivity contribution in [1.82, 2.24) is 0 Å². The predicted octanol–water partition coefficient (Wildman–Crippen LogP) is 2.01. The maximum absolute atomic E-state index is 12.5. The molecule has 0 heterocycles. The molecule has 116 valence electrons. The second-order valence-corrected chi connectivity index (χ2v) is 4.65. The summed E-state index contributed by atoms with van der Waals surface area (Å²) in [5.74, 6) is -1.31. The molecule has 21 heavy (non-hydrogen) atoms. The van der Waals surface area contributed by atoms with Crippen LogP contribution in [0.3, 0.4) is 0 Å². The first-order chi connectivity index (χ1) is 10.0. The normalized spacial score (nSPS) is 11.0. The van der Waals surface area contributed by atoms with Crippen LogP contribution < -0.4 is 0 Å². The Morgan fingerprint density at radius 2 is 1.67 bits per heavy atom. The Bertz CT molecular complexity index is 477. The maximum atomic E-state index is 12.5. The molecule has 0 atom stereocenters. The molecule has 1 rings (SSSR count). The van der Waals surface area contributed by atoms with E-state index in [4.69, 9.17) is 14.2 Å². The Hall–Kier alpha value is -1.88. The van der Waals surface area contributed by atoms with Crippen molar-refractivity contribution < 1.29 is 23.8 Å². The van der Waals surface area contributed by atoms with E-state index >= 15 is 0 Å².